The van der Waals surface area contributed by atoms with Gasteiger partial charge in [0.15, 0.2) is 5.96 Å². The Bertz CT molecular complexity index is 1350. The lowest BCUT2D eigenvalue weighted by Gasteiger charge is -2.45. The van der Waals surface area contributed by atoms with Crippen molar-refractivity contribution in [3.05, 3.63) is 48.2 Å². The Morgan fingerprint density at radius 1 is 1.12 bits per heavy atom. The van der Waals surface area contributed by atoms with Crippen LogP contribution in [0.5, 0.6) is 0 Å². The van der Waals surface area contributed by atoms with Crippen LogP contribution < -0.4 is 11.1 Å². The summed E-state index contributed by atoms with van der Waals surface area (Å²) in [7, 11) is 1.62. The fourth-order valence-electron chi connectivity index (χ4n) is 8.92. The molecule has 41 heavy (non-hydrogen) atoms. The number of aromatic amines is 1. The molecule has 4 aliphatic rings. The van der Waals surface area contributed by atoms with E-state index in [1.165, 1.54) is 11.8 Å². The van der Waals surface area contributed by atoms with E-state index in [1.807, 2.05) is 12.1 Å². The minimum absolute atomic E-state index is 0.182. The second kappa shape index (κ2) is 10.8. The molecule has 1 aromatic carbocycles. The third-order valence-corrected chi connectivity index (χ3v) is 11.3. The topological polar surface area (TPSA) is 127 Å². The van der Waals surface area contributed by atoms with Crippen molar-refractivity contribution in [2.45, 2.75) is 100 Å². The molecule has 1 heterocycles. The molecule has 3 fully saturated rings. The number of aliphatic hydroxyl groups excluding tert-OH is 1. The number of H-pyrrole nitrogens is 1. The van der Waals surface area contributed by atoms with Crippen molar-refractivity contribution in [3.8, 4) is 11.8 Å². The highest BCUT2D eigenvalue weighted by atomic mass is 16.3. The van der Waals surface area contributed by atoms with Gasteiger partial charge in [-0.25, -0.2) is 0 Å². The number of allylic oxidation sites excluding steroid dienone is 1. The molecule has 0 saturated heterocycles. The first kappa shape index (κ1) is 28.3. The first-order valence-electron chi connectivity index (χ1n) is 15.5. The number of nitrogens with one attached hydrogen (secondary N) is 2. The zero-order valence-electron chi connectivity index (χ0n) is 24.3. The minimum atomic E-state index is -1.41. The lowest BCUT2D eigenvalue weighted by atomic mass is 9.64. The number of nitrogens with zero attached hydrogens (tertiary/aromatic N) is 1. The van der Waals surface area contributed by atoms with Crippen molar-refractivity contribution >= 4 is 16.9 Å². The van der Waals surface area contributed by atoms with Gasteiger partial charge in [0.1, 0.15) is 0 Å². The summed E-state index contributed by atoms with van der Waals surface area (Å²) in [6.45, 7) is 4.68. The van der Waals surface area contributed by atoms with Crippen molar-refractivity contribution in [1.29, 1.82) is 0 Å². The summed E-state index contributed by atoms with van der Waals surface area (Å²) >= 11 is 0. The molecule has 1 aromatic heterocycles. The zero-order valence-corrected chi connectivity index (χ0v) is 24.3. The molecule has 7 atom stereocenters. The molecule has 0 amide bonds. The van der Waals surface area contributed by atoms with E-state index in [-0.39, 0.29) is 30.1 Å². The molecule has 0 spiro atoms. The predicted molar refractivity (Wildman–Crippen MR) is 163 cm³/mol. The Kier molecular flexibility index (Phi) is 7.46. The summed E-state index contributed by atoms with van der Waals surface area (Å²) in [5, 5.41) is 41.0. The van der Waals surface area contributed by atoms with Crippen LogP contribution in [0.2, 0.25) is 0 Å². The monoisotopic (exact) mass is 558 g/mol. The Hall–Kier alpha value is -2.79. The lowest BCUT2D eigenvalue weighted by molar-refractivity contribution is -0.122. The van der Waals surface area contributed by atoms with E-state index >= 15 is 0 Å². The van der Waals surface area contributed by atoms with Gasteiger partial charge in [0.2, 0.25) is 0 Å². The molecule has 220 valence electrons. The second-order valence-corrected chi connectivity index (χ2v) is 13.4. The van der Waals surface area contributed by atoms with E-state index in [2.05, 4.69) is 51.9 Å². The average Bonchev–Trinajstić information content (AvgIpc) is 3.46. The van der Waals surface area contributed by atoms with E-state index in [0.29, 0.717) is 32.1 Å². The van der Waals surface area contributed by atoms with Gasteiger partial charge < -0.3 is 31.4 Å². The Labute approximate surface area is 243 Å². The van der Waals surface area contributed by atoms with Crippen LogP contribution in [0, 0.1) is 35.0 Å². The molecule has 4 aliphatic carbocycles. The number of rotatable bonds is 5. The summed E-state index contributed by atoms with van der Waals surface area (Å²) in [5.41, 5.74) is 6.59. The van der Waals surface area contributed by atoms with Gasteiger partial charge in [-0.3, -0.25) is 4.99 Å². The molecule has 3 saturated carbocycles. The third kappa shape index (κ3) is 4.98. The quantitative estimate of drug-likeness (QED) is 0.142. The molecule has 0 aliphatic heterocycles. The summed E-state index contributed by atoms with van der Waals surface area (Å²) < 4.78 is 0. The first-order chi connectivity index (χ1) is 19.7. The number of aliphatic imine (C=N–C) groups is 1. The Balaban J connectivity index is 1.42. The summed E-state index contributed by atoms with van der Waals surface area (Å²) in [5.74, 6) is 6.74. The van der Waals surface area contributed by atoms with Gasteiger partial charge in [-0.1, -0.05) is 55.5 Å². The van der Waals surface area contributed by atoms with E-state index in [1.54, 1.807) is 7.05 Å². The molecule has 7 N–H and O–H groups in total. The van der Waals surface area contributed by atoms with Crippen molar-refractivity contribution in [1.82, 2.24) is 10.3 Å². The van der Waals surface area contributed by atoms with Gasteiger partial charge >= 0.3 is 0 Å². The van der Waals surface area contributed by atoms with Crippen LogP contribution in [0.1, 0.15) is 76.3 Å². The standard InChI is InChI=1S/C34H46N4O3/c1-22(17-26-18-23-9-6-7-13-29(23)37-26)32-14-8-12-25(38-31(35)36-2)20-34(41)28(21-32)27(19-30(34)39)33(40,16-15-32)24-10-4-3-5-11-24/h6-7,9,13,18,24-25,27-28,30,37,39-41H,1,3-5,10-11,14-17,19-21H2,2H3,(H3,35,36,38)/t25-,27+,28+,30+,32+,33+,34-/m1/s1. The van der Waals surface area contributed by atoms with E-state index < -0.39 is 28.8 Å². The predicted octanol–water partition coefficient (Wildman–Crippen LogP) is 4.18. The van der Waals surface area contributed by atoms with Crippen LogP contribution >= 0.6 is 0 Å². The normalized spacial score (nSPS) is 37.8. The highest BCUT2D eigenvalue weighted by molar-refractivity contribution is 5.80. The summed E-state index contributed by atoms with van der Waals surface area (Å²) in [6, 6.07) is 10.0. The van der Waals surface area contributed by atoms with Gasteiger partial charge in [0, 0.05) is 42.9 Å². The average molecular weight is 559 g/mol. The molecule has 6 rings (SSSR count). The van der Waals surface area contributed by atoms with E-state index in [0.717, 1.165) is 48.9 Å². The van der Waals surface area contributed by atoms with Crippen LogP contribution in [-0.2, 0) is 6.42 Å². The van der Waals surface area contributed by atoms with Gasteiger partial charge in [-0.15, -0.1) is 5.92 Å². The number of fused-ring (bicyclic) bond motifs is 2. The van der Waals surface area contributed by atoms with Crippen LogP contribution in [0.4, 0.5) is 0 Å². The number of guanidine groups is 1. The number of aliphatic hydroxyl groups is 3. The van der Waals surface area contributed by atoms with Gasteiger partial charge in [-0.05, 0) is 73.8 Å². The maximum Gasteiger partial charge on any atom is 0.189 e. The van der Waals surface area contributed by atoms with E-state index in [4.69, 9.17) is 5.73 Å². The van der Waals surface area contributed by atoms with Crippen molar-refractivity contribution in [2.75, 3.05) is 7.05 Å². The lowest BCUT2D eigenvalue weighted by Crippen LogP contribution is -2.53. The molecule has 0 radical (unpaired) electrons. The third-order valence-electron chi connectivity index (χ3n) is 11.3. The fraction of sp³-hybridized carbons (Fsp3) is 0.618. The first-order valence-corrected chi connectivity index (χ1v) is 15.5. The summed E-state index contributed by atoms with van der Waals surface area (Å²) in [4.78, 5) is 7.62. The number of hydrogen-bond donors (Lipinski definition) is 6. The second-order valence-electron chi connectivity index (χ2n) is 13.4. The van der Waals surface area contributed by atoms with Crippen molar-refractivity contribution in [2.24, 2.45) is 33.9 Å². The molecule has 2 bridgehead atoms. The van der Waals surface area contributed by atoms with Crippen LogP contribution in [0.15, 0.2) is 47.5 Å². The number of aromatic nitrogens is 1. The highest BCUT2D eigenvalue weighted by Crippen LogP contribution is 2.61. The molecule has 7 nitrogen and oxygen atoms in total. The van der Waals surface area contributed by atoms with Crippen molar-refractivity contribution < 1.29 is 15.3 Å². The molecular formula is C34H46N4O3. The van der Waals surface area contributed by atoms with Gasteiger partial charge in [-0.2, -0.15) is 0 Å². The number of nitrogens with two attached hydrogens (primary N) is 1. The van der Waals surface area contributed by atoms with Gasteiger partial charge in [0.25, 0.3) is 0 Å². The molecular weight excluding hydrogens is 512 g/mol. The summed E-state index contributed by atoms with van der Waals surface area (Å²) in [6.07, 6.45) is 8.47. The van der Waals surface area contributed by atoms with Crippen molar-refractivity contribution in [3.63, 3.8) is 0 Å². The maximum absolute atomic E-state index is 12.7. The minimum Gasteiger partial charge on any atom is -0.390 e. The SMILES string of the molecule is C=C(Cc1cc2ccccc2[nH]1)[C@]12CC#C[C@@H](NC(N)=NC)C[C@]3(O)[C@@H](O)C[C@@H]([C@@H]3C1)[C@@](O)(C1CCCCC1)CC2. The highest BCUT2D eigenvalue weighted by Gasteiger charge is 2.64. The molecule has 7 heteroatoms. The smallest absolute Gasteiger partial charge is 0.189 e. The number of hydrogen-bond acceptors (Lipinski definition) is 4. The largest absolute Gasteiger partial charge is 0.390 e. The van der Waals surface area contributed by atoms with Gasteiger partial charge in [0.05, 0.1) is 23.3 Å². The Morgan fingerprint density at radius 2 is 1.90 bits per heavy atom. The van der Waals surface area contributed by atoms with Crippen LogP contribution in [0.25, 0.3) is 10.9 Å². The zero-order chi connectivity index (χ0) is 28.8. The maximum atomic E-state index is 12.7. The molecule has 0 unspecified atom stereocenters. The number of benzene rings is 1. The Morgan fingerprint density at radius 3 is 2.66 bits per heavy atom. The molecule has 2 aromatic rings. The van der Waals surface area contributed by atoms with Crippen LogP contribution in [0.3, 0.4) is 0 Å². The number of para-hydroxylation sites is 1. The fourth-order valence-corrected chi connectivity index (χ4v) is 8.92. The van der Waals surface area contributed by atoms with E-state index in [9.17, 15) is 15.3 Å². The van der Waals surface area contributed by atoms with Crippen LogP contribution in [-0.4, -0.2) is 56.7 Å².